The van der Waals surface area contributed by atoms with Gasteiger partial charge in [0.05, 0.1) is 12.2 Å². The van der Waals surface area contributed by atoms with Crippen molar-refractivity contribution in [3.05, 3.63) is 11.6 Å². The predicted octanol–water partition coefficient (Wildman–Crippen LogP) is 4.70. The Labute approximate surface area is 147 Å². The molecular weight excluding hydrogens is 296 g/mol. The zero-order valence-corrected chi connectivity index (χ0v) is 16.0. The molecule has 4 aliphatic carbocycles. The molecule has 0 aromatic heterocycles. The molecule has 0 spiro atoms. The molecule has 4 aliphatic rings. The topological polar surface area (TPSA) is 40.5 Å². The lowest BCUT2D eigenvalue weighted by atomic mass is 9.45. The van der Waals surface area contributed by atoms with E-state index in [1.54, 1.807) is 5.57 Å². The molecule has 0 radical (unpaired) electrons. The summed E-state index contributed by atoms with van der Waals surface area (Å²) in [5.41, 5.74) is 2.25. The van der Waals surface area contributed by atoms with E-state index in [1.807, 2.05) is 6.92 Å². The van der Waals surface area contributed by atoms with Gasteiger partial charge >= 0.3 is 0 Å². The van der Waals surface area contributed by atoms with E-state index in [0.29, 0.717) is 5.41 Å². The third kappa shape index (κ3) is 2.02. The summed E-state index contributed by atoms with van der Waals surface area (Å²) in [6.07, 6.45) is 11.5. The fourth-order valence-electron chi connectivity index (χ4n) is 7.63. The second-order valence-corrected chi connectivity index (χ2v) is 10.2. The average Bonchev–Trinajstić information content (AvgIpc) is 2.81. The lowest BCUT2D eigenvalue weighted by molar-refractivity contribution is -0.107. The Kier molecular flexibility index (Phi) is 3.80. The van der Waals surface area contributed by atoms with Crippen molar-refractivity contribution in [1.82, 2.24) is 0 Å². The van der Waals surface area contributed by atoms with E-state index in [-0.39, 0.29) is 23.0 Å². The third-order valence-electron chi connectivity index (χ3n) is 9.67. The Bertz CT molecular complexity index is 552. The Morgan fingerprint density at radius 2 is 1.75 bits per heavy atom. The van der Waals surface area contributed by atoms with Crippen LogP contribution < -0.4 is 0 Å². The van der Waals surface area contributed by atoms with E-state index in [2.05, 4.69) is 26.8 Å². The first-order valence-electron chi connectivity index (χ1n) is 10.3. The van der Waals surface area contributed by atoms with E-state index in [4.69, 9.17) is 0 Å². The summed E-state index contributed by atoms with van der Waals surface area (Å²) >= 11 is 0. The summed E-state index contributed by atoms with van der Waals surface area (Å²) < 4.78 is 0. The summed E-state index contributed by atoms with van der Waals surface area (Å²) in [7, 11) is 0. The van der Waals surface area contributed by atoms with E-state index in [9.17, 15) is 10.2 Å². The molecule has 0 heterocycles. The molecule has 0 aromatic rings. The minimum Gasteiger partial charge on any atom is -0.393 e. The highest BCUT2D eigenvalue weighted by Gasteiger charge is 2.63. The largest absolute Gasteiger partial charge is 0.393 e. The fourth-order valence-corrected chi connectivity index (χ4v) is 7.63. The van der Waals surface area contributed by atoms with Gasteiger partial charge in [-0.1, -0.05) is 32.4 Å². The molecule has 0 amide bonds. The van der Waals surface area contributed by atoms with Crippen LogP contribution in [0.2, 0.25) is 0 Å². The molecule has 136 valence electrons. The molecule has 2 nitrogen and oxygen atoms in total. The van der Waals surface area contributed by atoms with Crippen LogP contribution in [0.5, 0.6) is 0 Å². The normalized spacial score (nSPS) is 55.2. The summed E-state index contributed by atoms with van der Waals surface area (Å²) in [6, 6.07) is 0. The Morgan fingerprint density at radius 1 is 1.04 bits per heavy atom. The quantitative estimate of drug-likeness (QED) is 0.683. The second-order valence-electron chi connectivity index (χ2n) is 10.2. The number of fused-ring (bicyclic) bond motifs is 5. The first-order valence-corrected chi connectivity index (χ1v) is 10.3. The van der Waals surface area contributed by atoms with E-state index in [1.165, 1.54) is 32.1 Å². The van der Waals surface area contributed by atoms with Gasteiger partial charge in [-0.15, -0.1) is 0 Å². The van der Waals surface area contributed by atoms with Crippen LogP contribution in [0.25, 0.3) is 0 Å². The van der Waals surface area contributed by atoms with Crippen molar-refractivity contribution in [2.24, 2.45) is 34.0 Å². The monoisotopic (exact) mass is 332 g/mol. The SMILES string of the molecule is C[C@H](O)[C@@]1(C)CCC2C3CC=C4CC(O)CCC4(C)C3CCC21C. The van der Waals surface area contributed by atoms with Crippen molar-refractivity contribution in [1.29, 1.82) is 0 Å². The molecule has 6 unspecified atom stereocenters. The smallest absolute Gasteiger partial charge is 0.0577 e. The summed E-state index contributed by atoms with van der Waals surface area (Å²) in [5, 5.41) is 20.7. The molecule has 8 atom stereocenters. The van der Waals surface area contributed by atoms with Gasteiger partial charge in [0.2, 0.25) is 0 Å². The molecule has 0 bridgehead atoms. The number of allylic oxidation sites excluding steroid dienone is 1. The predicted molar refractivity (Wildman–Crippen MR) is 97.5 cm³/mol. The molecule has 2 N–H and O–H groups in total. The fraction of sp³-hybridized carbons (Fsp3) is 0.909. The van der Waals surface area contributed by atoms with Gasteiger partial charge in [-0.3, -0.25) is 0 Å². The maximum atomic E-state index is 10.5. The summed E-state index contributed by atoms with van der Waals surface area (Å²) in [4.78, 5) is 0. The number of aliphatic hydroxyl groups excluding tert-OH is 2. The van der Waals surface area contributed by atoms with Crippen LogP contribution >= 0.6 is 0 Å². The van der Waals surface area contributed by atoms with Crippen molar-refractivity contribution in [3.63, 3.8) is 0 Å². The molecular formula is C22H36O2. The molecule has 24 heavy (non-hydrogen) atoms. The number of rotatable bonds is 1. The Balaban J connectivity index is 1.68. The van der Waals surface area contributed by atoms with Crippen molar-refractivity contribution in [2.75, 3.05) is 0 Å². The number of hydrogen-bond acceptors (Lipinski definition) is 2. The number of aliphatic hydroxyl groups is 2. The molecule has 0 aliphatic heterocycles. The Morgan fingerprint density at radius 3 is 2.46 bits per heavy atom. The third-order valence-corrected chi connectivity index (χ3v) is 9.67. The van der Waals surface area contributed by atoms with Crippen molar-refractivity contribution >= 4 is 0 Å². The van der Waals surface area contributed by atoms with Crippen LogP contribution in [0, 0.1) is 34.0 Å². The highest BCUT2D eigenvalue weighted by atomic mass is 16.3. The second kappa shape index (κ2) is 5.33. The van der Waals surface area contributed by atoms with Crippen LogP contribution in [0.15, 0.2) is 11.6 Å². The minimum absolute atomic E-state index is 0.0797. The maximum absolute atomic E-state index is 10.5. The van der Waals surface area contributed by atoms with E-state index in [0.717, 1.165) is 37.0 Å². The van der Waals surface area contributed by atoms with Gasteiger partial charge in [-0.05, 0) is 92.3 Å². The average molecular weight is 333 g/mol. The maximum Gasteiger partial charge on any atom is 0.0577 e. The van der Waals surface area contributed by atoms with E-state index >= 15 is 0 Å². The van der Waals surface area contributed by atoms with Gasteiger partial charge in [0, 0.05) is 0 Å². The van der Waals surface area contributed by atoms with Gasteiger partial charge in [0.1, 0.15) is 0 Å². The number of hydrogen-bond donors (Lipinski definition) is 2. The van der Waals surface area contributed by atoms with Crippen molar-refractivity contribution < 1.29 is 10.2 Å². The summed E-state index contributed by atoms with van der Waals surface area (Å²) in [5.74, 6) is 2.34. The first-order chi connectivity index (χ1) is 11.2. The zero-order valence-electron chi connectivity index (χ0n) is 16.0. The molecule has 2 heteroatoms. The van der Waals surface area contributed by atoms with Crippen LogP contribution in [-0.2, 0) is 0 Å². The molecule has 3 saturated carbocycles. The van der Waals surface area contributed by atoms with Crippen molar-refractivity contribution in [3.8, 4) is 0 Å². The van der Waals surface area contributed by atoms with Gasteiger partial charge in [0.15, 0.2) is 0 Å². The van der Waals surface area contributed by atoms with Crippen LogP contribution in [0.4, 0.5) is 0 Å². The highest BCUT2D eigenvalue weighted by Crippen LogP contribution is 2.70. The standard InChI is InChI=1S/C22H36O2/c1-14(23)21(3)11-9-19-17-6-5-15-13-16(24)7-10-20(15,2)18(17)8-12-22(19,21)4/h5,14,16-19,23-24H,6-13H2,1-4H3/t14-,16?,17?,18?,19?,20?,21+,22?/m0/s1. The van der Waals surface area contributed by atoms with Crippen molar-refractivity contribution in [2.45, 2.75) is 91.3 Å². The van der Waals surface area contributed by atoms with Gasteiger partial charge < -0.3 is 10.2 Å². The lowest BCUT2D eigenvalue weighted by Crippen LogP contribution is -2.53. The van der Waals surface area contributed by atoms with Gasteiger partial charge in [-0.2, -0.15) is 0 Å². The lowest BCUT2D eigenvalue weighted by Gasteiger charge is -2.60. The first kappa shape index (κ1) is 17.1. The van der Waals surface area contributed by atoms with Crippen LogP contribution in [0.1, 0.15) is 79.1 Å². The molecule has 0 saturated heterocycles. The molecule has 4 rings (SSSR count). The van der Waals surface area contributed by atoms with Gasteiger partial charge in [0.25, 0.3) is 0 Å². The summed E-state index contributed by atoms with van der Waals surface area (Å²) in [6.45, 7) is 9.34. The van der Waals surface area contributed by atoms with Gasteiger partial charge in [-0.25, -0.2) is 0 Å². The Hall–Kier alpha value is -0.340. The van der Waals surface area contributed by atoms with Crippen LogP contribution in [-0.4, -0.2) is 22.4 Å². The molecule has 0 aromatic carbocycles. The highest BCUT2D eigenvalue weighted by molar-refractivity contribution is 5.26. The zero-order chi connectivity index (χ0) is 17.3. The molecule has 3 fully saturated rings. The van der Waals surface area contributed by atoms with E-state index < -0.39 is 0 Å². The minimum atomic E-state index is -0.209. The van der Waals surface area contributed by atoms with Crippen LogP contribution in [0.3, 0.4) is 0 Å².